The topological polar surface area (TPSA) is 29.5 Å². The summed E-state index contributed by atoms with van der Waals surface area (Å²) < 4.78 is 4.96. The van der Waals surface area contributed by atoms with Gasteiger partial charge in [0.05, 0.1) is 11.6 Å². The summed E-state index contributed by atoms with van der Waals surface area (Å²) in [5.41, 5.74) is 2.37. The third-order valence-electron chi connectivity index (χ3n) is 3.24. The highest BCUT2D eigenvalue weighted by molar-refractivity contribution is 7.80. The van der Waals surface area contributed by atoms with Crippen molar-refractivity contribution < 1.29 is 9.53 Å². The second-order valence-corrected chi connectivity index (χ2v) is 4.77. The molecule has 1 aromatic carbocycles. The van der Waals surface area contributed by atoms with Crippen LogP contribution in [-0.2, 0) is 9.53 Å². The largest absolute Gasteiger partial charge is 0.466 e. The van der Waals surface area contributed by atoms with Gasteiger partial charge in [0.25, 0.3) is 0 Å². The van der Waals surface area contributed by atoms with Gasteiger partial charge in [-0.25, -0.2) is 0 Å². The van der Waals surface area contributed by atoms with Gasteiger partial charge >= 0.3 is 5.97 Å². The monoisotopic (exact) mass is 263 g/mol. The van der Waals surface area contributed by atoms with Gasteiger partial charge in [0.1, 0.15) is 0 Å². The first-order valence-corrected chi connectivity index (χ1v) is 6.58. The lowest BCUT2D eigenvalue weighted by atomic mass is 9.96. The van der Waals surface area contributed by atoms with Gasteiger partial charge in [0, 0.05) is 25.1 Å². The first kappa shape index (κ1) is 13.0. The number of anilines is 1. The maximum Gasteiger partial charge on any atom is 0.305 e. The molecule has 1 heterocycles. The zero-order valence-electron chi connectivity index (χ0n) is 10.7. The lowest BCUT2D eigenvalue weighted by molar-refractivity contribution is -0.143. The van der Waals surface area contributed by atoms with E-state index in [1.807, 2.05) is 31.0 Å². The summed E-state index contributed by atoms with van der Waals surface area (Å²) in [6.07, 6.45) is 1.14. The predicted octanol–water partition coefficient (Wildman–Crippen LogP) is 2.89. The fraction of sp³-hybridized carbons (Fsp3) is 0.429. The van der Waals surface area contributed by atoms with Crippen LogP contribution >= 0.6 is 12.2 Å². The molecule has 0 aromatic heterocycles. The van der Waals surface area contributed by atoms with Crippen LogP contribution < -0.4 is 4.90 Å². The van der Waals surface area contributed by atoms with E-state index < -0.39 is 0 Å². The van der Waals surface area contributed by atoms with Gasteiger partial charge in [0.2, 0.25) is 0 Å². The molecule has 1 aliphatic heterocycles. The molecule has 1 atom stereocenters. The van der Waals surface area contributed by atoms with Crippen molar-refractivity contribution in [2.24, 2.45) is 0 Å². The Balaban J connectivity index is 2.10. The highest BCUT2D eigenvalue weighted by Crippen LogP contribution is 2.39. The number of thiocarbonyl (C=S) groups is 1. The van der Waals surface area contributed by atoms with Crippen LogP contribution in [-0.4, -0.2) is 24.6 Å². The number of carbonyl (C=O) groups excluding carboxylic acids is 1. The summed E-state index contributed by atoms with van der Waals surface area (Å²) in [7, 11) is 1.98. The second-order valence-electron chi connectivity index (χ2n) is 4.35. The average Bonchev–Trinajstić information content (AvgIpc) is 2.61. The van der Waals surface area contributed by atoms with E-state index in [1.165, 1.54) is 5.56 Å². The normalized spacial score (nSPS) is 17.8. The van der Waals surface area contributed by atoms with E-state index in [2.05, 4.69) is 12.1 Å². The summed E-state index contributed by atoms with van der Waals surface area (Å²) in [5.74, 6) is 0.0120. The van der Waals surface area contributed by atoms with E-state index in [-0.39, 0.29) is 11.9 Å². The van der Waals surface area contributed by atoms with Crippen molar-refractivity contribution in [3.63, 3.8) is 0 Å². The molecular weight excluding hydrogens is 246 g/mol. The first-order chi connectivity index (χ1) is 8.65. The number of para-hydroxylation sites is 1. The maximum absolute atomic E-state index is 11.4. The number of ether oxygens (including phenoxy) is 1. The molecule has 4 heteroatoms. The Hall–Kier alpha value is -1.42. The Labute approximate surface area is 113 Å². The van der Waals surface area contributed by atoms with Crippen molar-refractivity contribution >= 4 is 28.9 Å². The molecule has 0 fully saturated rings. The Morgan fingerprint density at radius 1 is 1.44 bits per heavy atom. The molecule has 0 bridgehead atoms. The van der Waals surface area contributed by atoms with Gasteiger partial charge < -0.3 is 9.64 Å². The molecule has 18 heavy (non-hydrogen) atoms. The van der Waals surface area contributed by atoms with Crippen molar-refractivity contribution in [1.82, 2.24) is 0 Å². The number of hydrogen-bond donors (Lipinski definition) is 0. The lowest BCUT2D eigenvalue weighted by Gasteiger charge is -2.14. The van der Waals surface area contributed by atoms with Crippen LogP contribution in [0, 0.1) is 0 Å². The van der Waals surface area contributed by atoms with E-state index >= 15 is 0 Å². The Bertz CT molecular complexity index is 473. The molecule has 0 saturated carbocycles. The van der Waals surface area contributed by atoms with Gasteiger partial charge in [-0.2, -0.15) is 0 Å². The van der Waals surface area contributed by atoms with E-state index in [9.17, 15) is 4.79 Å². The molecule has 0 N–H and O–H groups in total. The van der Waals surface area contributed by atoms with Gasteiger partial charge in [0.15, 0.2) is 0 Å². The highest BCUT2D eigenvalue weighted by atomic mass is 32.1. The molecule has 0 saturated heterocycles. The average molecular weight is 263 g/mol. The number of hydrogen-bond acceptors (Lipinski definition) is 3. The predicted molar refractivity (Wildman–Crippen MR) is 76.1 cm³/mol. The first-order valence-electron chi connectivity index (χ1n) is 6.17. The van der Waals surface area contributed by atoms with Crippen molar-refractivity contribution in [1.29, 1.82) is 0 Å². The van der Waals surface area contributed by atoms with E-state index in [0.29, 0.717) is 13.0 Å². The molecule has 1 aromatic rings. The number of carbonyl (C=O) groups is 1. The van der Waals surface area contributed by atoms with Gasteiger partial charge in [-0.15, -0.1) is 0 Å². The number of benzene rings is 1. The number of nitrogens with zero attached hydrogens (tertiary/aromatic N) is 1. The van der Waals surface area contributed by atoms with Crippen molar-refractivity contribution in [3.05, 3.63) is 29.8 Å². The molecule has 2 rings (SSSR count). The Morgan fingerprint density at radius 3 is 2.89 bits per heavy atom. The van der Waals surface area contributed by atoms with Gasteiger partial charge in [-0.05, 0) is 25.0 Å². The number of rotatable bonds is 4. The number of likely N-dealkylation sites (N-methyl/N-ethyl adjacent to an activating group) is 1. The van der Waals surface area contributed by atoms with E-state index in [1.54, 1.807) is 0 Å². The highest BCUT2D eigenvalue weighted by Gasteiger charge is 2.31. The van der Waals surface area contributed by atoms with Crippen LogP contribution in [0.25, 0.3) is 0 Å². The molecule has 1 aliphatic rings. The zero-order valence-corrected chi connectivity index (χ0v) is 11.5. The minimum Gasteiger partial charge on any atom is -0.466 e. The van der Waals surface area contributed by atoms with Crippen molar-refractivity contribution in [3.8, 4) is 0 Å². The smallest absolute Gasteiger partial charge is 0.305 e. The van der Waals surface area contributed by atoms with Crippen LogP contribution in [0.1, 0.15) is 31.2 Å². The van der Waals surface area contributed by atoms with Crippen molar-refractivity contribution in [2.75, 3.05) is 18.6 Å². The third kappa shape index (κ3) is 2.38. The van der Waals surface area contributed by atoms with Crippen LogP contribution in [0.5, 0.6) is 0 Å². The lowest BCUT2D eigenvalue weighted by Crippen LogP contribution is -2.22. The van der Waals surface area contributed by atoms with Crippen LogP contribution in [0.3, 0.4) is 0 Å². The molecular formula is C14H17NO2S. The molecule has 3 nitrogen and oxygen atoms in total. The van der Waals surface area contributed by atoms with E-state index in [4.69, 9.17) is 17.0 Å². The standard InChI is InChI=1S/C14H17NO2S/c1-3-17-13(16)9-8-11-10-6-4-5-7-12(10)15(2)14(11)18/h4-7,11H,3,8-9H2,1-2H3. The fourth-order valence-electron chi connectivity index (χ4n) is 2.35. The van der Waals surface area contributed by atoms with Crippen molar-refractivity contribution in [2.45, 2.75) is 25.7 Å². The number of esters is 1. The summed E-state index contributed by atoms with van der Waals surface area (Å²) >= 11 is 5.46. The third-order valence-corrected chi connectivity index (χ3v) is 3.80. The Morgan fingerprint density at radius 2 is 2.17 bits per heavy atom. The summed E-state index contributed by atoms with van der Waals surface area (Å²) in [5, 5.41) is 0. The zero-order chi connectivity index (χ0) is 13.1. The van der Waals surface area contributed by atoms with Gasteiger partial charge in [-0.3, -0.25) is 4.79 Å². The number of fused-ring (bicyclic) bond motifs is 1. The Kier molecular flexibility index (Phi) is 3.97. The second kappa shape index (κ2) is 5.48. The fourth-order valence-corrected chi connectivity index (χ4v) is 2.69. The molecule has 0 spiro atoms. The summed E-state index contributed by atoms with van der Waals surface area (Å²) in [6.45, 7) is 2.26. The molecule has 0 radical (unpaired) electrons. The SMILES string of the molecule is CCOC(=O)CCC1C(=S)N(C)c2ccccc21. The summed E-state index contributed by atoms with van der Waals surface area (Å²) in [6, 6.07) is 8.16. The van der Waals surface area contributed by atoms with Crippen LogP contribution in [0.2, 0.25) is 0 Å². The maximum atomic E-state index is 11.4. The van der Waals surface area contributed by atoms with E-state index in [0.717, 1.165) is 17.1 Å². The molecule has 96 valence electrons. The minimum absolute atomic E-state index is 0.146. The summed E-state index contributed by atoms with van der Waals surface area (Å²) in [4.78, 5) is 14.3. The minimum atomic E-state index is -0.146. The molecule has 0 amide bonds. The van der Waals surface area contributed by atoms with Crippen LogP contribution in [0.4, 0.5) is 5.69 Å². The van der Waals surface area contributed by atoms with Crippen LogP contribution in [0.15, 0.2) is 24.3 Å². The molecule has 0 aliphatic carbocycles. The molecule has 1 unspecified atom stereocenters. The quantitative estimate of drug-likeness (QED) is 0.617. The van der Waals surface area contributed by atoms with Gasteiger partial charge in [-0.1, -0.05) is 30.4 Å².